The summed E-state index contributed by atoms with van der Waals surface area (Å²) in [6, 6.07) is 14.4. The van der Waals surface area contributed by atoms with Crippen LogP contribution in [-0.2, 0) is 4.84 Å². The molecule has 2 rings (SSSR count). The standard InChI is InChI=1S/C23H29N3O/c1-6-26(5)17-24-23-16-18(2)22(15-19(23)3)20(4)25-27-14-10-13-21-11-8-7-9-12-21/h7-13,15-17H,6,14H2,1-5H3. The highest BCUT2D eigenvalue weighted by atomic mass is 16.6. The van der Waals surface area contributed by atoms with E-state index < -0.39 is 0 Å². The Kier molecular flexibility index (Phi) is 7.80. The van der Waals surface area contributed by atoms with Gasteiger partial charge >= 0.3 is 0 Å². The zero-order valence-corrected chi connectivity index (χ0v) is 16.9. The molecule has 4 heteroatoms. The SMILES string of the molecule is CCN(C)C=Nc1cc(C)c(C(C)=NOCC=Cc2ccccc2)cc1C. The normalized spacial score (nSPS) is 12.1. The minimum Gasteiger partial charge on any atom is -0.391 e. The van der Waals surface area contributed by atoms with E-state index in [4.69, 9.17) is 4.84 Å². The van der Waals surface area contributed by atoms with Crippen molar-refractivity contribution in [3.63, 3.8) is 0 Å². The maximum Gasteiger partial charge on any atom is 0.135 e. The molecule has 2 aromatic rings. The van der Waals surface area contributed by atoms with Gasteiger partial charge in [0, 0.05) is 19.2 Å². The molecule has 0 radical (unpaired) electrons. The van der Waals surface area contributed by atoms with Crippen molar-refractivity contribution in [3.05, 3.63) is 70.8 Å². The third-order valence-electron chi connectivity index (χ3n) is 4.31. The van der Waals surface area contributed by atoms with Crippen molar-refractivity contribution < 1.29 is 4.84 Å². The number of oxime groups is 1. The van der Waals surface area contributed by atoms with Gasteiger partial charge in [-0.15, -0.1) is 0 Å². The predicted molar refractivity (Wildman–Crippen MR) is 116 cm³/mol. The van der Waals surface area contributed by atoms with Crippen molar-refractivity contribution in [1.29, 1.82) is 0 Å². The zero-order valence-electron chi connectivity index (χ0n) is 16.9. The van der Waals surface area contributed by atoms with E-state index in [1.807, 2.05) is 55.6 Å². The Labute approximate surface area is 162 Å². The molecule has 4 nitrogen and oxygen atoms in total. The van der Waals surface area contributed by atoms with Crippen molar-refractivity contribution >= 4 is 23.8 Å². The number of hydrogen-bond donors (Lipinski definition) is 0. The molecule has 0 fully saturated rings. The summed E-state index contributed by atoms with van der Waals surface area (Å²) < 4.78 is 0. The van der Waals surface area contributed by atoms with Gasteiger partial charge in [0.1, 0.15) is 6.61 Å². The van der Waals surface area contributed by atoms with Crippen molar-refractivity contribution in [1.82, 2.24) is 4.90 Å². The highest BCUT2D eigenvalue weighted by Crippen LogP contribution is 2.23. The average molecular weight is 364 g/mol. The van der Waals surface area contributed by atoms with Gasteiger partial charge in [-0.05, 0) is 62.6 Å². The summed E-state index contributed by atoms with van der Waals surface area (Å²) in [6.07, 6.45) is 5.86. The molecule has 0 atom stereocenters. The first kappa shape index (κ1) is 20.4. The molecular weight excluding hydrogens is 334 g/mol. The largest absolute Gasteiger partial charge is 0.391 e. The fourth-order valence-electron chi connectivity index (χ4n) is 2.55. The maximum absolute atomic E-state index is 5.46. The van der Waals surface area contributed by atoms with Crippen LogP contribution in [0.4, 0.5) is 5.69 Å². The Hall–Kier alpha value is -2.88. The first-order valence-electron chi connectivity index (χ1n) is 9.25. The molecule has 0 aliphatic rings. The second-order valence-corrected chi connectivity index (χ2v) is 6.56. The molecule has 2 aromatic carbocycles. The molecular formula is C23H29N3O. The molecule has 0 spiro atoms. The van der Waals surface area contributed by atoms with E-state index in [0.29, 0.717) is 6.61 Å². The predicted octanol–water partition coefficient (Wildman–Crippen LogP) is 5.37. The zero-order chi connectivity index (χ0) is 19.6. The van der Waals surface area contributed by atoms with Crippen LogP contribution in [-0.4, -0.2) is 37.1 Å². The molecule has 0 N–H and O–H groups in total. The molecule has 0 aliphatic heterocycles. The highest BCUT2D eigenvalue weighted by molar-refractivity contribution is 6.00. The lowest BCUT2D eigenvalue weighted by atomic mass is 10.0. The van der Waals surface area contributed by atoms with Crippen LogP contribution in [0.15, 0.2) is 58.7 Å². The summed E-state index contributed by atoms with van der Waals surface area (Å²) >= 11 is 0. The quantitative estimate of drug-likeness (QED) is 0.274. The Morgan fingerprint density at radius 1 is 1.11 bits per heavy atom. The second kappa shape index (κ2) is 10.3. The fourth-order valence-corrected chi connectivity index (χ4v) is 2.55. The molecule has 27 heavy (non-hydrogen) atoms. The number of aryl methyl sites for hydroxylation is 2. The highest BCUT2D eigenvalue weighted by Gasteiger charge is 2.07. The summed E-state index contributed by atoms with van der Waals surface area (Å²) in [5.41, 5.74) is 6.34. The van der Waals surface area contributed by atoms with Crippen molar-refractivity contribution in [3.8, 4) is 0 Å². The number of nitrogens with zero attached hydrogens (tertiary/aromatic N) is 3. The summed E-state index contributed by atoms with van der Waals surface area (Å²) in [5.74, 6) is 0. The summed E-state index contributed by atoms with van der Waals surface area (Å²) in [7, 11) is 2.01. The van der Waals surface area contributed by atoms with Gasteiger partial charge in [-0.25, -0.2) is 4.99 Å². The smallest absolute Gasteiger partial charge is 0.135 e. The second-order valence-electron chi connectivity index (χ2n) is 6.56. The van der Waals surface area contributed by atoms with Crippen LogP contribution in [0.1, 0.15) is 36.1 Å². The van der Waals surface area contributed by atoms with E-state index >= 15 is 0 Å². The van der Waals surface area contributed by atoms with Gasteiger partial charge in [0.15, 0.2) is 0 Å². The number of benzene rings is 2. The number of hydrogen-bond acceptors (Lipinski definition) is 3. The molecule has 0 heterocycles. The van der Waals surface area contributed by atoms with E-state index in [1.54, 1.807) is 0 Å². The minimum atomic E-state index is 0.440. The lowest BCUT2D eigenvalue weighted by Gasteiger charge is -2.11. The van der Waals surface area contributed by atoms with Crippen LogP contribution in [0.3, 0.4) is 0 Å². The van der Waals surface area contributed by atoms with Gasteiger partial charge < -0.3 is 9.74 Å². The van der Waals surface area contributed by atoms with Crippen molar-refractivity contribution in [2.24, 2.45) is 10.1 Å². The Balaban J connectivity index is 2.01. The summed E-state index contributed by atoms with van der Waals surface area (Å²) in [6.45, 7) is 9.58. The monoisotopic (exact) mass is 363 g/mol. The molecule has 142 valence electrons. The third kappa shape index (κ3) is 6.41. The van der Waals surface area contributed by atoms with Gasteiger partial charge in [0.25, 0.3) is 0 Å². The topological polar surface area (TPSA) is 37.2 Å². The van der Waals surface area contributed by atoms with Crippen LogP contribution in [0, 0.1) is 13.8 Å². The third-order valence-corrected chi connectivity index (χ3v) is 4.31. The van der Waals surface area contributed by atoms with Crippen LogP contribution in [0.5, 0.6) is 0 Å². The van der Waals surface area contributed by atoms with Gasteiger partial charge in [0.05, 0.1) is 17.7 Å². The minimum absolute atomic E-state index is 0.440. The van der Waals surface area contributed by atoms with Gasteiger partial charge in [0.2, 0.25) is 0 Å². The first-order valence-corrected chi connectivity index (χ1v) is 9.25. The Morgan fingerprint density at radius 2 is 1.85 bits per heavy atom. The molecule has 0 saturated carbocycles. The van der Waals surface area contributed by atoms with E-state index in [0.717, 1.165) is 40.2 Å². The lowest BCUT2D eigenvalue weighted by molar-refractivity contribution is 0.175. The van der Waals surface area contributed by atoms with Gasteiger partial charge in [-0.2, -0.15) is 0 Å². The summed E-state index contributed by atoms with van der Waals surface area (Å²) in [4.78, 5) is 12.1. The molecule has 0 unspecified atom stereocenters. The Bertz CT molecular complexity index is 823. The van der Waals surface area contributed by atoms with Crippen molar-refractivity contribution in [2.75, 3.05) is 20.2 Å². The van der Waals surface area contributed by atoms with E-state index in [9.17, 15) is 0 Å². The van der Waals surface area contributed by atoms with E-state index in [2.05, 4.69) is 55.2 Å². The lowest BCUT2D eigenvalue weighted by Crippen LogP contribution is -2.14. The molecule has 0 aliphatic carbocycles. The number of aliphatic imine (C=N–C) groups is 1. The van der Waals surface area contributed by atoms with Crippen LogP contribution in [0.25, 0.3) is 6.08 Å². The molecule has 0 saturated heterocycles. The number of rotatable bonds is 8. The van der Waals surface area contributed by atoms with Gasteiger partial charge in [-0.1, -0.05) is 41.6 Å². The van der Waals surface area contributed by atoms with E-state index in [1.165, 1.54) is 0 Å². The summed E-state index contributed by atoms with van der Waals surface area (Å²) in [5, 5.41) is 4.26. The van der Waals surface area contributed by atoms with Crippen LogP contribution >= 0.6 is 0 Å². The molecule has 0 amide bonds. The van der Waals surface area contributed by atoms with Crippen LogP contribution in [0.2, 0.25) is 0 Å². The fraction of sp³-hybridized carbons (Fsp3) is 0.304. The molecule has 0 aromatic heterocycles. The Morgan fingerprint density at radius 3 is 2.56 bits per heavy atom. The van der Waals surface area contributed by atoms with Crippen molar-refractivity contribution in [2.45, 2.75) is 27.7 Å². The van der Waals surface area contributed by atoms with Gasteiger partial charge in [-0.3, -0.25) is 0 Å². The molecule has 0 bridgehead atoms. The average Bonchev–Trinajstić information content (AvgIpc) is 2.68. The maximum atomic E-state index is 5.46. The van der Waals surface area contributed by atoms with Crippen LogP contribution < -0.4 is 0 Å². The first-order chi connectivity index (χ1) is 13.0. The van der Waals surface area contributed by atoms with E-state index in [-0.39, 0.29) is 0 Å².